The van der Waals surface area contributed by atoms with Crippen molar-refractivity contribution in [3.8, 4) is 0 Å². The molecule has 0 heterocycles. The molecule has 0 rings (SSSR count). The minimum atomic E-state index is -1.78. The van der Waals surface area contributed by atoms with Gasteiger partial charge in [0.05, 0.1) is 12.2 Å². The van der Waals surface area contributed by atoms with Crippen LogP contribution in [0.15, 0.2) is 12.7 Å². The predicted octanol–water partition coefficient (Wildman–Crippen LogP) is 3.58. The van der Waals surface area contributed by atoms with E-state index in [9.17, 15) is 5.11 Å². The molecule has 1 N–H and O–H groups in total. The van der Waals surface area contributed by atoms with Gasteiger partial charge < -0.3 is 9.53 Å². The molecule has 0 aromatic rings. The van der Waals surface area contributed by atoms with Gasteiger partial charge in [0.2, 0.25) is 0 Å². The van der Waals surface area contributed by atoms with Crippen molar-refractivity contribution in [2.75, 3.05) is 0 Å². The van der Waals surface area contributed by atoms with Crippen LogP contribution in [0, 0.1) is 5.92 Å². The molecule has 0 spiro atoms. The fourth-order valence-electron chi connectivity index (χ4n) is 1.28. The molecule has 0 saturated heterocycles. The molecule has 0 unspecified atom stereocenters. The Labute approximate surface area is 102 Å². The van der Waals surface area contributed by atoms with Crippen molar-refractivity contribution in [3.63, 3.8) is 0 Å². The number of hydrogen-bond donors (Lipinski definition) is 1. The molecule has 0 aliphatic rings. The minimum Gasteiger partial charge on any atom is -0.412 e. The average Bonchev–Trinajstić information content (AvgIpc) is 2.12. The van der Waals surface area contributed by atoms with Crippen molar-refractivity contribution in [2.24, 2.45) is 5.92 Å². The van der Waals surface area contributed by atoms with Crippen molar-refractivity contribution in [3.05, 3.63) is 12.7 Å². The summed E-state index contributed by atoms with van der Waals surface area (Å²) in [6, 6.07) is 0. The minimum absolute atomic E-state index is 0.0692. The number of hydrogen-bond acceptors (Lipinski definition) is 2. The molecule has 96 valence electrons. The van der Waals surface area contributed by atoms with E-state index in [1.807, 2.05) is 13.8 Å². The van der Waals surface area contributed by atoms with E-state index in [0.29, 0.717) is 0 Å². The number of rotatable bonds is 5. The lowest BCUT2D eigenvalue weighted by molar-refractivity contribution is 0.0169. The van der Waals surface area contributed by atoms with E-state index in [1.54, 1.807) is 6.08 Å². The zero-order valence-electron chi connectivity index (χ0n) is 11.9. The van der Waals surface area contributed by atoms with E-state index in [0.717, 1.165) is 0 Å². The highest BCUT2D eigenvalue weighted by atomic mass is 28.4. The van der Waals surface area contributed by atoms with Crippen LogP contribution in [0.1, 0.15) is 34.6 Å². The first-order valence-corrected chi connectivity index (χ1v) is 8.92. The molecular weight excluding hydrogens is 216 g/mol. The largest absolute Gasteiger partial charge is 0.412 e. The second kappa shape index (κ2) is 5.47. The first kappa shape index (κ1) is 15.9. The highest BCUT2D eigenvalue weighted by Gasteiger charge is 2.39. The van der Waals surface area contributed by atoms with Gasteiger partial charge in [0.25, 0.3) is 0 Å². The highest BCUT2D eigenvalue weighted by Crippen LogP contribution is 2.37. The van der Waals surface area contributed by atoms with E-state index in [1.165, 1.54) is 0 Å². The number of aliphatic hydroxyl groups excluding tert-OH is 1. The average molecular weight is 244 g/mol. The SMILES string of the molecule is C=C[C@H](C)[C@@H](O)[C@H](C)O[Si](C)(C)C(C)(C)C. The Morgan fingerprint density at radius 3 is 2.00 bits per heavy atom. The summed E-state index contributed by atoms with van der Waals surface area (Å²) in [5.41, 5.74) is 0. The maximum absolute atomic E-state index is 10.0. The van der Waals surface area contributed by atoms with Crippen molar-refractivity contribution >= 4 is 8.32 Å². The Bertz CT molecular complexity index is 231. The molecule has 0 radical (unpaired) electrons. The van der Waals surface area contributed by atoms with Crippen molar-refractivity contribution < 1.29 is 9.53 Å². The molecule has 2 nitrogen and oxygen atoms in total. The van der Waals surface area contributed by atoms with Crippen LogP contribution >= 0.6 is 0 Å². The Balaban J connectivity index is 4.56. The third-order valence-corrected chi connectivity index (χ3v) is 8.25. The van der Waals surface area contributed by atoms with Crippen LogP contribution in [0.25, 0.3) is 0 Å². The van der Waals surface area contributed by atoms with Crippen molar-refractivity contribution in [1.29, 1.82) is 0 Å². The third-order valence-electron chi connectivity index (χ3n) is 3.68. The quantitative estimate of drug-likeness (QED) is 0.592. The maximum Gasteiger partial charge on any atom is 0.192 e. The zero-order valence-corrected chi connectivity index (χ0v) is 12.9. The second-order valence-corrected chi connectivity index (χ2v) is 10.9. The lowest BCUT2D eigenvalue weighted by Crippen LogP contribution is -2.47. The Morgan fingerprint density at radius 2 is 1.69 bits per heavy atom. The van der Waals surface area contributed by atoms with E-state index >= 15 is 0 Å². The smallest absolute Gasteiger partial charge is 0.192 e. The molecule has 0 aliphatic carbocycles. The summed E-state index contributed by atoms with van der Waals surface area (Å²) in [5, 5.41) is 10.2. The maximum atomic E-state index is 10.0. The topological polar surface area (TPSA) is 29.5 Å². The van der Waals surface area contributed by atoms with Gasteiger partial charge >= 0.3 is 0 Å². The van der Waals surface area contributed by atoms with Gasteiger partial charge in [-0.05, 0) is 25.1 Å². The van der Waals surface area contributed by atoms with Crippen LogP contribution in [-0.2, 0) is 4.43 Å². The van der Waals surface area contributed by atoms with Gasteiger partial charge in [0.1, 0.15) is 0 Å². The molecule has 0 saturated carbocycles. The Morgan fingerprint density at radius 1 is 1.25 bits per heavy atom. The molecule has 0 aromatic heterocycles. The van der Waals surface area contributed by atoms with Gasteiger partial charge in [-0.25, -0.2) is 0 Å². The van der Waals surface area contributed by atoms with Crippen LogP contribution < -0.4 is 0 Å². The fourth-order valence-corrected chi connectivity index (χ4v) is 2.70. The van der Waals surface area contributed by atoms with Gasteiger partial charge in [-0.2, -0.15) is 0 Å². The van der Waals surface area contributed by atoms with Crippen LogP contribution in [0.3, 0.4) is 0 Å². The van der Waals surface area contributed by atoms with Gasteiger partial charge in [-0.15, -0.1) is 6.58 Å². The summed E-state index contributed by atoms with van der Waals surface area (Å²) in [6.07, 6.45) is 1.18. The monoisotopic (exact) mass is 244 g/mol. The van der Waals surface area contributed by atoms with Gasteiger partial charge in [-0.1, -0.05) is 33.8 Å². The fraction of sp³-hybridized carbons (Fsp3) is 0.846. The van der Waals surface area contributed by atoms with Crippen molar-refractivity contribution in [1.82, 2.24) is 0 Å². The Kier molecular flexibility index (Phi) is 5.43. The lowest BCUT2D eigenvalue weighted by Gasteiger charge is -2.40. The first-order valence-electron chi connectivity index (χ1n) is 6.01. The van der Waals surface area contributed by atoms with E-state index in [4.69, 9.17) is 4.43 Å². The highest BCUT2D eigenvalue weighted by molar-refractivity contribution is 6.74. The van der Waals surface area contributed by atoms with Crippen LogP contribution in [0.2, 0.25) is 18.1 Å². The normalized spacial score (nSPS) is 19.0. The summed E-state index contributed by atoms with van der Waals surface area (Å²) >= 11 is 0. The Hall–Kier alpha value is -0.123. The molecule has 0 aliphatic heterocycles. The van der Waals surface area contributed by atoms with E-state index < -0.39 is 14.4 Å². The molecule has 0 bridgehead atoms. The molecule has 3 heteroatoms. The van der Waals surface area contributed by atoms with Gasteiger partial charge in [-0.3, -0.25) is 0 Å². The van der Waals surface area contributed by atoms with E-state index in [2.05, 4.69) is 40.4 Å². The zero-order chi connectivity index (χ0) is 13.1. The lowest BCUT2D eigenvalue weighted by atomic mass is 10.0. The predicted molar refractivity (Wildman–Crippen MR) is 73.1 cm³/mol. The standard InChI is InChI=1S/C13H28O2Si/c1-9-10(2)12(14)11(3)15-16(7,8)13(4,5)6/h9-12,14H,1H2,2-8H3/t10-,11-,12+/m0/s1. The van der Waals surface area contributed by atoms with Gasteiger partial charge in [0.15, 0.2) is 8.32 Å². The molecule has 16 heavy (non-hydrogen) atoms. The van der Waals surface area contributed by atoms with Crippen LogP contribution in [0.5, 0.6) is 0 Å². The number of aliphatic hydroxyl groups is 1. The molecule has 0 fully saturated rings. The summed E-state index contributed by atoms with van der Waals surface area (Å²) in [7, 11) is -1.78. The summed E-state index contributed by atoms with van der Waals surface area (Å²) in [4.78, 5) is 0. The molecule has 0 amide bonds. The second-order valence-electron chi connectivity index (χ2n) is 6.17. The van der Waals surface area contributed by atoms with E-state index in [-0.39, 0.29) is 17.1 Å². The molecule has 0 aromatic carbocycles. The summed E-state index contributed by atoms with van der Waals surface area (Å²) in [5.74, 6) is 0.0692. The van der Waals surface area contributed by atoms with Gasteiger partial charge in [0, 0.05) is 5.92 Å². The molecular formula is C13H28O2Si. The summed E-state index contributed by atoms with van der Waals surface area (Å²) in [6.45, 7) is 18.6. The summed E-state index contributed by atoms with van der Waals surface area (Å²) < 4.78 is 6.13. The van der Waals surface area contributed by atoms with Crippen LogP contribution in [-0.4, -0.2) is 25.6 Å². The first-order chi connectivity index (χ1) is 7.03. The van der Waals surface area contributed by atoms with Crippen molar-refractivity contribution in [2.45, 2.75) is 65.0 Å². The molecule has 3 atom stereocenters. The van der Waals surface area contributed by atoms with Crippen LogP contribution in [0.4, 0.5) is 0 Å². The third kappa shape index (κ3) is 4.04.